The molecule has 2 N–H and O–H groups in total. The number of carbonyl (C=O) groups excluding carboxylic acids is 1. The van der Waals surface area contributed by atoms with Gasteiger partial charge >= 0.3 is 0 Å². The molecule has 0 saturated heterocycles. The SMILES string of the molecule is CCNC(=O)C(C)Nc1nc(Cl)ncc1C. The average molecular weight is 243 g/mol. The van der Waals surface area contributed by atoms with Crippen molar-refractivity contribution in [1.29, 1.82) is 0 Å². The smallest absolute Gasteiger partial charge is 0.242 e. The largest absolute Gasteiger partial charge is 0.358 e. The van der Waals surface area contributed by atoms with Crippen LogP contribution in [-0.2, 0) is 4.79 Å². The predicted octanol–water partition coefficient (Wildman–Crippen LogP) is 1.37. The molecule has 0 spiro atoms. The molecule has 1 atom stereocenters. The molecule has 0 saturated carbocycles. The van der Waals surface area contributed by atoms with Crippen LogP contribution in [0.2, 0.25) is 5.28 Å². The number of nitrogens with zero attached hydrogens (tertiary/aromatic N) is 2. The maximum atomic E-state index is 11.5. The van der Waals surface area contributed by atoms with Crippen LogP contribution in [-0.4, -0.2) is 28.5 Å². The summed E-state index contributed by atoms with van der Waals surface area (Å²) in [7, 11) is 0. The third kappa shape index (κ3) is 3.34. The zero-order chi connectivity index (χ0) is 12.1. The Bertz CT molecular complexity index is 383. The van der Waals surface area contributed by atoms with E-state index in [-0.39, 0.29) is 17.2 Å². The first kappa shape index (κ1) is 12.7. The van der Waals surface area contributed by atoms with Crippen molar-refractivity contribution in [3.63, 3.8) is 0 Å². The fraction of sp³-hybridized carbons (Fsp3) is 0.500. The molecule has 1 aromatic heterocycles. The van der Waals surface area contributed by atoms with Crippen molar-refractivity contribution in [1.82, 2.24) is 15.3 Å². The van der Waals surface area contributed by atoms with Crippen LogP contribution in [0.15, 0.2) is 6.20 Å². The summed E-state index contributed by atoms with van der Waals surface area (Å²) < 4.78 is 0. The maximum Gasteiger partial charge on any atom is 0.242 e. The molecule has 0 aliphatic rings. The van der Waals surface area contributed by atoms with Crippen LogP contribution in [0.5, 0.6) is 0 Å². The number of likely N-dealkylation sites (N-methyl/N-ethyl adjacent to an activating group) is 1. The topological polar surface area (TPSA) is 66.9 Å². The van der Waals surface area contributed by atoms with Gasteiger partial charge in [0.05, 0.1) is 0 Å². The molecule has 1 unspecified atom stereocenters. The molecule has 6 heteroatoms. The summed E-state index contributed by atoms with van der Waals surface area (Å²) in [4.78, 5) is 19.4. The van der Waals surface area contributed by atoms with Gasteiger partial charge in [-0.15, -0.1) is 0 Å². The highest BCUT2D eigenvalue weighted by atomic mass is 35.5. The Hall–Kier alpha value is -1.36. The van der Waals surface area contributed by atoms with E-state index in [1.54, 1.807) is 13.1 Å². The molecule has 0 aliphatic carbocycles. The van der Waals surface area contributed by atoms with Crippen molar-refractivity contribution in [3.8, 4) is 0 Å². The van der Waals surface area contributed by atoms with Crippen molar-refractivity contribution < 1.29 is 4.79 Å². The van der Waals surface area contributed by atoms with E-state index in [1.807, 2.05) is 13.8 Å². The van der Waals surface area contributed by atoms with Crippen LogP contribution in [0.25, 0.3) is 0 Å². The molecule has 1 rings (SSSR count). The second-order valence-electron chi connectivity index (χ2n) is 3.43. The van der Waals surface area contributed by atoms with Gasteiger partial charge in [0, 0.05) is 18.3 Å². The van der Waals surface area contributed by atoms with Gasteiger partial charge in [0.25, 0.3) is 0 Å². The minimum atomic E-state index is -0.357. The fourth-order valence-corrected chi connectivity index (χ4v) is 1.30. The summed E-state index contributed by atoms with van der Waals surface area (Å²) in [6.07, 6.45) is 1.61. The number of hydrogen-bond acceptors (Lipinski definition) is 4. The van der Waals surface area contributed by atoms with Crippen LogP contribution in [0.1, 0.15) is 19.4 Å². The first-order chi connectivity index (χ1) is 7.54. The predicted molar refractivity (Wildman–Crippen MR) is 63.5 cm³/mol. The van der Waals surface area contributed by atoms with Gasteiger partial charge in [-0.1, -0.05) is 0 Å². The van der Waals surface area contributed by atoms with Crippen LogP contribution >= 0.6 is 11.6 Å². The summed E-state index contributed by atoms with van der Waals surface area (Å²) in [6, 6.07) is -0.357. The number of amides is 1. The van der Waals surface area contributed by atoms with Gasteiger partial charge in [-0.25, -0.2) is 9.97 Å². The summed E-state index contributed by atoms with van der Waals surface area (Å²) in [6.45, 7) is 6.09. The Balaban J connectivity index is 2.72. The molecule has 0 aliphatic heterocycles. The molecule has 0 bridgehead atoms. The minimum Gasteiger partial charge on any atom is -0.358 e. The molecule has 0 aromatic carbocycles. The normalized spacial score (nSPS) is 12.0. The highest BCUT2D eigenvalue weighted by molar-refractivity contribution is 6.28. The molecule has 1 amide bonds. The Labute approximate surface area is 99.6 Å². The van der Waals surface area contributed by atoms with Gasteiger partial charge in [-0.2, -0.15) is 0 Å². The van der Waals surface area contributed by atoms with E-state index in [2.05, 4.69) is 20.6 Å². The molecule has 16 heavy (non-hydrogen) atoms. The van der Waals surface area contributed by atoms with E-state index in [1.165, 1.54) is 0 Å². The lowest BCUT2D eigenvalue weighted by molar-refractivity contribution is -0.121. The summed E-state index contributed by atoms with van der Waals surface area (Å²) >= 11 is 5.68. The van der Waals surface area contributed by atoms with Crippen molar-refractivity contribution >= 4 is 23.3 Å². The van der Waals surface area contributed by atoms with E-state index in [4.69, 9.17) is 11.6 Å². The van der Waals surface area contributed by atoms with Gasteiger partial charge in [-0.3, -0.25) is 4.79 Å². The maximum absolute atomic E-state index is 11.5. The van der Waals surface area contributed by atoms with Crippen LogP contribution < -0.4 is 10.6 Å². The number of rotatable bonds is 4. The minimum absolute atomic E-state index is 0.0726. The number of hydrogen-bond donors (Lipinski definition) is 2. The summed E-state index contributed by atoms with van der Waals surface area (Å²) in [5.41, 5.74) is 0.848. The molecular formula is C10H15ClN4O. The molecule has 1 aromatic rings. The standard InChI is InChI=1S/C10H15ClN4O/c1-4-12-9(16)7(3)14-8-6(2)5-13-10(11)15-8/h5,7H,4H2,1-3H3,(H,12,16)(H,13,14,15). The lowest BCUT2D eigenvalue weighted by Crippen LogP contribution is -2.37. The van der Waals surface area contributed by atoms with Crippen LogP contribution in [0.3, 0.4) is 0 Å². The van der Waals surface area contributed by atoms with Gasteiger partial charge in [0.2, 0.25) is 11.2 Å². The molecular weight excluding hydrogens is 228 g/mol. The quantitative estimate of drug-likeness (QED) is 0.783. The second-order valence-corrected chi connectivity index (χ2v) is 3.77. The van der Waals surface area contributed by atoms with Crippen molar-refractivity contribution in [2.45, 2.75) is 26.8 Å². The summed E-state index contributed by atoms with van der Waals surface area (Å²) in [5, 5.41) is 5.87. The molecule has 0 radical (unpaired) electrons. The van der Waals surface area contributed by atoms with E-state index >= 15 is 0 Å². The number of anilines is 1. The third-order valence-electron chi connectivity index (χ3n) is 2.04. The fourth-order valence-electron chi connectivity index (χ4n) is 1.16. The van der Waals surface area contributed by atoms with Gasteiger partial charge in [-0.05, 0) is 32.4 Å². The molecule has 1 heterocycles. The second kappa shape index (κ2) is 5.65. The Morgan fingerprint density at radius 3 is 2.94 bits per heavy atom. The van der Waals surface area contributed by atoms with Gasteiger partial charge < -0.3 is 10.6 Å². The first-order valence-electron chi connectivity index (χ1n) is 5.08. The number of aryl methyl sites for hydroxylation is 1. The lowest BCUT2D eigenvalue weighted by atomic mass is 10.3. The van der Waals surface area contributed by atoms with E-state index in [0.717, 1.165) is 5.56 Å². The van der Waals surface area contributed by atoms with Crippen molar-refractivity contribution in [2.75, 3.05) is 11.9 Å². The zero-order valence-electron chi connectivity index (χ0n) is 9.54. The Morgan fingerprint density at radius 2 is 2.31 bits per heavy atom. The van der Waals surface area contributed by atoms with E-state index < -0.39 is 0 Å². The Morgan fingerprint density at radius 1 is 1.62 bits per heavy atom. The first-order valence-corrected chi connectivity index (χ1v) is 5.45. The molecule has 5 nitrogen and oxygen atoms in total. The van der Waals surface area contributed by atoms with Crippen LogP contribution in [0, 0.1) is 6.92 Å². The van der Waals surface area contributed by atoms with Crippen molar-refractivity contribution in [3.05, 3.63) is 17.0 Å². The molecule has 0 fully saturated rings. The van der Waals surface area contributed by atoms with Gasteiger partial charge in [0.15, 0.2) is 0 Å². The van der Waals surface area contributed by atoms with Gasteiger partial charge in [0.1, 0.15) is 11.9 Å². The summed E-state index contributed by atoms with van der Waals surface area (Å²) in [5.74, 6) is 0.510. The zero-order valence-corrected chi connectivity index (χ0v) is 10.3. The highest BCUT2D eigenvalue weighted by Gasteiger charge is 2.13. The molecule has 88 valence electrons. The number of halogens is 1. The number of carbonyl (C=O) groups is 1. The lowest BCUT2D eigenvalue weighted by Gasteiger charge is -2.15. The third-order valence-corrected chi connectivity index (χ3v) is 2.22. The average Bonchev–Trinajstić information content (AvgIpc) is 2.23. The van der Waals surface area contributed by atoms with E-state index in [0.29, 0.717) is 12.4 Å². The Kier molecular flexibility index (Phi) is 4.49. The van der Waals surface area contributed by atoms with E-state index in [9.17, 15) is 4.79 Å². The van der Waals surface area contributed by atoms with Crippen molar-refractivity contribution in [2.24, 2.45) is 0 Å². The highest BCUT2D eigenvalue weighted by Crippen LogP contribution is 2.13. The van der Waals surface area contributed by atoms with Crippen LogP contribution in [0.4, 0.5) is 5.82 Å². The number of aromatic nitrogens is 2. The monoisotopic (exact) mass is 242 g/mol. The number of nitrogens with one attached hydrogen (secondary N) is 2.